The number of nitrogens with zero attached hydrogens (tertiary/aromatic N) is 3. The fraction of sp³-hybridized carbons (Fsp3) is 0.416. The summed E-state index contributed by atoms with van der Waals surface area (Å²) < 4.78 is 2.04. The molecule has 0 radical (unpaired) electrons. The molecule has 10 amide bonds. The minimum Gasteiger partial charge on any atom is -0.508 e. The number of aromatic hydroxyl groups is 1. The van der Waals surface area contributed by atoms with Crippen molar-refractivity contribution in [2.45, 2.75) is 208 Å². The zero-order chi connectivity index (χ0) is 86.9. The molecule has 0 spiro atoms. The molecule has 0 aliphatic rings. The van der Waals surface area contributed by atoms with Crippen LogP contribution in [-0.4, -0.2) is 177 Å². The van der Waals surface area contributed by atoms with Crippen molar-refractivity contribution in [2.75, 3.05) is 19.6 Å². The Morgan fingerprint density at radius 1 is 0.508 bits per heavy atom. The monoisotopic (exact) mass is 1650 g/mol. The van der Waals surface area contributed by atoms with E-state index < -0.39 is 151 Å². The lowest BCUT2D eigenvalue weighted by Gasteiger charge is -2.37. The van der Waals surface area contributed by atoms with Crippen LogP contribution < -0.4 is 76.9 Å². The number of carbonyl (C=O) groups is 12. The molecule has 1 heterocycles. The van der Waals surface area contributed by atoms with Gasteiger partial charge in [0.05, 0.1) is 36.1 Å². The van der Waals surface area contributed by atoms with Crippen molar-refractivity contribution < 1.29 is 62.6 Å². The third-order valence-electron chi connectivity index (χ3n) is 21.2. The van der Waals surface area contributed by atoms with E-state index in [9.17, 15) is 43.5 Å². The Labute approximate surface area is 700 Å². The standard InChI is InChI=1S/C89H118N18O13/c1-3-4-5-6-22-40-79(113)97-47-24-23-38-70(80(93)71(90)53-66-55-106(58-99-66)89(63-31-16-9-17-32-63,64-33-18-10-19-34-64)65-35-20-11-21-36-65)83(116)104-75(51-61-29-14-8-15-30-61)87(120)105-76(52-62-41-43-69(110)44-42-62)86(119)102-73(45-46-77(91)111)84(117)100-67(54-78(92)112)56-107(68(57-109)37-26-49-108)59(2)82(115)101-72(39-25-48-98-88(95)96)85(118)103-74(81(94)114)50-60-27-12-7-13-28-60/h7-21,27-36,41-44,49,55,57-59,67-68,70-76,80,110H,3-6,22-26,37-40,45-48,50-54,56,90,93H2,1-2H3,(H2,91,111)(H2,92,112)(H2,94,114)(H,97,113)(H,100,117)(H,101,115)(H,102,119)(H,103,118)(H,104,116)(H,105,120)(H4,95,96,98)/t59-,67-,68-,70-,71-,72-,73-,74-,75-,76-,80?/m0/s1. The van der Waals surface area contributed by atoms with Crippen LogP contribution in [0.1, 0.15) is 156 Å². The molecular weight excluding hydrogens is 1530 g/mol. The number of guanidine groups is 1. The van der Waals surface area contributed by atoms with Crippen LogP contribution in [0.15, 0.2) is 188 Å². The molecule has 1 aromatic heterocycles. The molecule has 0 aliphatic carbocycles. The third kappa shape index (κ3) is 30.2. The fourth-order valence-corrected chi connectivity index (χ4v) is 14.7. The summed E-state index contributed by atoms with van der Waals surface area (Å²) in [5.41, 5.74) is 41.4. The summed E-state index contributed by atoms with van der Waals surface area (Å²) in [6.45, 7) is 3.33. The fourth-order valence-electron chi connectivity index (χ4n) is 14.7. The second-order valence-corrected chi connectivity index (χ2v) is 30.3. The number of benzene rings is 6. The van der Waals surface area contributed by atoms with Crippen LogP contribution >= 0.6 is 0 Å². The van der Waals surface area contributed by atoms with Gasteiger partial charge < -0.3 is 96.2 Å². The topological polar surface area (TPSA) is 522 Å². The lowest BCUT2D eigenvalue weighted by Crippen LogP contribution is -2.61. The molecule has 31 nitrogen and oxygen atoms in total. The Balaban J connectivity index is 1.18. The summed E-state index contributed by atoms with van der Waals surface area (Å²) in [5.74, 6) is -9.74. The van der Waals surface area contributed by atoms with Gasteiger partial charge in [-0.3, -0.25) is 58.3 Å². The number of rotatable bonds is 55. The first-order valence-electron chi connectivity index (χ1n) is 41.0. The van der Waals surface area contributed by atoms with Gasteiger partial charge in [0.1, 0.15) is 54.1 Å². The Hall–Kier alpha value is -12.5. The van der Waals surface area contributed by atoms with Crippen molar-refractivity contribution in [3.05, 3.63) is 228 Å². The average molecular weight is 1650 g/mol. The predicted octanol–water partition coefficient (Wildman–Crippen LogP) is 3.65. The lowest BCUT2D eigenvalue weighted by molar-refractivity contribution is -0.135. The van der Waals surface area contributed by atoms with E-state index in [0.717, 1.165) is 48.8 Å². The molecular formula is C89H118N18O13. The third-order valence-corrected chi connectivity index (χ3v) is 21.2. The molecule has 0 aliphatic heterocycles. The first-order chi connectivity index (χ1) is 57.7. The molecule has 6 aromatic carbocycles. The number of phenols is 1. The van der Waals surface area contributed by atoms with Crippen LogP contribution in [0.5, 0.6) is 5.75 Å². The zero-order valence-corrected chi connectivity index (χ0v) is 68.3. The number of imidazole rings is 1. The van der Waals surface area contributed by atoms with E-state index >= 15 is 19.2 Å². The van der Waals surface area contributed by atoms with Gasteiger partial charge in [0.15, 0.2) is 5.96 Å². The summed E-state index contributed by atoms with van der Waals surface area (Å²) >= 11 is 0. The van der Waals surface area contributed by atoms with Crippen molar-refractivity contribution >= 4 is 77.6 Å². The number of aromatic nitrogens is 2. The summed E-state index contributed by atoms with van der Waals surface area (Å²) in [6.07, 6.45) is 8.50. The van der Waals surface area contributed by atoms with E-state index in [2.05, 4.69) is 85.9 Å². The highest BCUT2D eigenvalue weighted by Gasteiger charge is 2.41. The maximum Gasteiger partial charge on any atom is 0.243 e. The number of unbranched alkanes of at least 4 members (excludes halogenated alkanes) is 5. The van der Waals surface area contributed by atoms with Gasteiger partial charge in [-0.15, -0.1) is 0 Å². The molecule has 11 atom stereocenters. The molecule has 7 aromatic rings. The van der Waals surface area contributed by atoms with Gasteiger partial charge >= 0.3 is 0 Å². The van der Waals surface area contributed by atoms with Crippen molar-refractivity contribution in [3.8, 4) is 5.75 Å². The van der Waals surface area contributed by atoms with Gasteiger partial charge in [0.2, 0.25) is 59.1 Å². The van der Waals surface area contributed by atoms with Gasteiger partial charge in [0.25, 0.3) is 0 Å². The number of hydrogen-bond donors (Lipinski definition) is 16. The Kier molecular flexibility index (Phi) is 39.2. The molecule has 0 saturated carbocycles. The molecule has 0 fully saturated rings. The second-order valence-electron chi connectivity index (χ2n) is 30.3. The van der Waals surface area contributed by atoms with Crippen molar-refractivity contribution in [1.29, 1.82) is 5.41 Å². The van der Waals surface area contributed by atoms with Crippen molar-refractivity contribution in [2.24, 2.45) is 40.3 Å². The number of aldehydes is 2. The van der Waals surface area contributed by atoms with Gasteiger partial charge in [-0.05, 0) is 97.4 Å². The van der Waals surface area contributed by atoms with Gasteiger partial charge in [-0.1, -0.05) is 203 Å². The van der Waals surface area contributed by atoms with Crippen molar-refractivity contribution in [1.82, 2.24) is 57.0 Å². The van der Waals surface area contributed by atoms with Gasteiger partial charge in [0, 0.05) is 89.3 Å². The summed E-state index contributed by atoms with van der Waals surface area (Å²) in [7, 11) is 0. The Bertz CT molecular complexity index is 4340. The molecule has 0 saturated heterocycles. The molecule has 120 heavy (non-hydrogen) atoms. The molecule has 22 N–H and O–H groups in total. The number of hydrogen-bond acceptors (Lipinski definition) is 18. The quantitative estimate of drug-likeness (QED) is 0.00850. The minimum absolute atomic E-state index is 0.00824. The van der Waals surface area contributed by atoms with E-state index in [1.165, 1.54) is 36.1 Å². The van der Waals surface area contributed by atoms with Gasteiger partial charge in [-0.25, -0.2) is 4.98 Å². The normalized spacial score (nSPS) is 14.1. The maximum atomic E-state index is 15.5. The smallest absolute Gasteiger partial charge is 0.243 e. The Morgan fingerprint density at radius 3 is 1.52 bits per heavy atom. The number of phenolic OH excluding ortho intramolecular Hbond substituents is 1. The highest BCUT2D eigenvalue weighted by atomic mass is 16.3. The molecule has 31 heteroatoms. The first-order valence-corrected chi connectivity index (χ1v) is 41.0. The molecule has 642 valence electrons. The van der Waals surface area contributed by atoms with E-state index in [-0.39, 0.29) is 81.9 Å². The van der Waals surface area contributed by atoms with Crippen LogP contribution in [0, 0.1) is 11.3 Å². The maximum absolute atomic E-state index is 15.5. The summed E-state index contributed by atoms with van der Waals surface area (Å²) in [5, 5.41) is 40.1. The summed E-state index contributed by atoms with van der Waals surface area (Å²) in [6, 6.07) is 39.6. The van der Waals surface area contributed by atoms with E-state index in [4.69, 9.17) is 44.8 Å². The average Bonchev–Trinajstić information content (AvgIpc) is 1.34. The number of primary amides is 3. The van der Waals surface area contributed by atoms with Crippen LogP contribution in [0.2, 0.25) is 0 Å². The lowest BCUT2D eigenvalue weighted by atomic mass is 9.77. The number of carbonyl (C=O) groups excluding carboxylic acids is 12. The van der Waals surface area contributed by atoms with Crippen LogP contribution in [0.4, 0.5) is 0 Å². The largest absolute Gasteiger partial charge is 0.508 e. The predicted molar refractivity (Wildman–Crippen MR) is 456 cm³/mol. The van der Waals surface area contributed by atoms with Crippen LogP contribution in [-0.2, 0) is 88.8 Å². The van der Waals surface area contributed by atoms with Crippen LogP contribution in [0.3, 0.4) is 0 Å². The zero-order valence-electron chi connectivity index (χ0n) is 68.3. The second kappa shape index (κ2) is 49.7. The van der Waals surface area contributed by atoms with E-state index in [1.54, 1.807) is 67.0 Å². The number of nitrogens with two attached hydrogens (primary N) is 6. The highest BCUT2D eigenvalue weighted by molar-refractivity contribution is 5.96. The van der Waals surface area contributed by atoms with E-state index in [0.29, 0.717) is 60.8 Å². The van der Waals surface area contributed by atoms with Gasteiger partial charge in [-0.2, -0.15) is 0 Å². The molecule has 7 rings (SSSR count). The highest BCUT2D eigenvalue weighted by Crippen LogP contribution is 2.41. The molecule has 1 unspecified atom stereocenters. The minimum atomic E-state index is -1.71. The van der Waals surface area contributed by atoms with Crippen LogP contribution in [0.25, 0.3) is 0 Å². The number of nitrogens with one attached hydrogen (secondary N) is 9. The Morgan fingerprint density at radius 2 is 0.992 bits per heavy atom. The van der Waals surface area contributed by atoms with E-state index in [1.807, 2.05) is 65.4 Å². The van der Waals surface area contributed by atoms with Crippen molar-refractivity contribution in [3.63, 3.8) is 0 Å². The molecule has 0 bridgehead atoms. The number of amides is 10. The summed E-state index contributed by atoms with van der Waals surface area (Å²) in [4.78, 5) is 173. The first kappa shape index (κ1) is 94.7. The SMILES string of the molecule is CCCCCCCC(=O)NCCCC[C@H](C(=O)N[C@@H](Cc1ccccc1)C(=O)N[C@@H](Cc1ccc(O)cc1)C(=O)N[C@@H](CCC(N)=O)C(=O)N[C@@H](CC(N)=O)CN([C@H](C=O)CCC=O)[C@@H](C)C(=O)N[C@@H](CCCNC(=N)N)C(=O)N[C@@H](Cc1ccccc1)C(N)=O)C(N)[C@@H](N)Cc1cn(C(c2ccccc2)(c2ccccc2)c2ccccc2)cn1.